The Balaban J connectivity index is 1.46. The summed E-state index contributed by atoms with van der Waals surface area (Å²) < 4.78 is 1.49. The smallest absolute Gasteiger partial charge is 0.277 e. The van der Waals surface area contributed by atoms with Crippen LogP contribution in [0.5, 0.6) is 0 Å². The second-order valence-corrected chi connectivity index (χ2v) is 7.55. The van der Waals surface area contributed by atoms with E-state index in [1.54, 1.807) is 12.1 Å². The highest BCUT2D eigenvalue weighted by Crippen LogP contribution is 2.25. The van der Waals surface area contributed by atoms with Crippen molar-refractivity contribution >= 4 is 16.8 Å². The zero-order valence-corrected chi connectivity index (χ0v) is 16.2. The Morgan fingerprint density at radius 1 is 1.07 bits per heavy atom. The highest BCUT2D eigenvalue weighted by Gasteiger charge is 2.28. The molecule has 0 radical (unpaired) electrons. The topological polar surface area (TPSA) is 68.1 Å². The van der Waals surface area contributed by atoms with Crippen LogP contribution in [0.3, 0.4) is 0 Å². The number of hydrogen-bond acceptors (Lipinski definition) is 4. The van der Waals surface area contributed by atoms with Gasteiger partial charge in [0.15, 0.2) is 0 Å². The van der Waals surface area contributed by atoms with Gasteiger partial charge in [-0.1, -0.05) is 47.2 Å². The average Bonchev–Trinajstić information content (AvgIpc) is 2.74. The summed E-state index contributed by atoms with van der Waals surface area (Å²) in [6.07, 6.45) is 1.42. The second kappa shape index (κ2) is 7.54. The fourth-order valence-electron chi connectivity index (χ4n) is 3.84. The minimum atomic E-state index is -0.166. The van der Waals surface area contributed by atoms with Crippen molar-refractivity contribution < 1.29 is 4.79 Å². The van der Waals surface area contributed by atoms with Crippen LogP contribution in [0.2, 0.25) is 0 Å². The van der Waals surface area contributed by atoms with Crippen LogP contribution < -0.4 is 5.56 Å². The maximum Gasteiger partial charge on any atom is 0.277 e. The van der Waals surface area contributed by atoms with E-state index in [2.05, 4.69) is 10.3 Å². The fourth-order valence-corrected chi connectivity index (χ4v) is 3.84. The highest BCUT2D eigenvalue weighted by atomic mass is 16.2. The van der Waals surface area contributed by atoms with Gasteiger partial charge in [-0.3, -0.25) is 9.59 Å². The van der Waals surface area contributed by atoms with Gasteiger partial charge < -0.3 is 4.90 Å². The van der Waals surface area contributed by atoms with Crippen molar-refractivity contribution in [3.8, 4) is 0 Å². The molecule has 0 bridgehead atoms. The summed E-state index contributed by atoms with van der Waals surface area (Å²) in [5, 5.41) is 8.91. The molecule has 1 aliphatic heterocycles. The summed E-state index contributed by atoms with van der Waals surface area (Å²) in [7, 11) is 0. The number of nitrogens with zero attached hydrogens (tertiary/aromatic N) is 4. The number of benzene rings is 2. The van der Waals surface area contributed by atoms with Crippen molar-refractivity contribution in [2.24, 2.45) is 0 Å². The normalized spacial score (nSPS) is 16.3. The molecule has 0 spiro atoms. The van der Waals surface area contributed by atoms with E-state index in [1.807, 2.05) is 55.1 Å². The van der Waals surface area contributed by atoms with Crippen LogP contribution in [-0.2, 0) is 4.79 Å². The van der Waals surface area contributed by atoms with Gasteiger partial charge in [0.2, 0.25) is 5.91 Å². The maximum atomic E-state index is 12.9. The lowest BCUT2D eigenvalue weighted by Gasteiger charge is -2.33. The summed E-state index contributed by atoms with van der Waals surface area (Å²) in [4.78, 5) is 27.5. The molecule has 0 N–H and O–H groups in total. The van der Waals surface area contributed by atoms with E-state index in [4.69, 9.17) is 0 Å². The quantitative estimate of drug-likeness (QED) is 0.705. The maximum absolute atomic E-state index is 12.9. The first-order chi connectivity index (χ1) is 13.5. The molecule has 2 aromatic carbocycles. The lowest BCUT2D eigenvalue weighted by Crippen LogP contribution is -2.43. The van der Waals surface area contributed by atoms with E-state index < -0.39 is 0 Å². The standard InChI is InChI=1S/C22H24N4O2/c1-15-7-9-17(10-8-15)16(2)21(27)25-13-11-18(12-14-25)26-22(28)19-5-3-4-6-20(19)23-24-26/h3-10,16,18H,11-14H2,1-2H3/t16-/m1/s1. The molecular formula is C22H24N4O2. The molecular weight excluding hydrogens is 352 g/mol. The van der Waals surface area contributed by atoms with Crippen molar-refractivity contribution in [3.63, 3.8) is 0 Å². The third kappa shape index (κ3) is 3.42. The van der Waals surface area contributed by atoms with Crippen LogP contribution in [0.1, 0.15) is 42.9 Å². The summed E-state index contributed by atoms with van der Waals surface area (Å²) >= 11 is 0. The predicted octanol–water partition coefficient (Wildman–Crippen LogP) is 3.07. The van der Waals surface area contributed by atoms with E-state index in [-0.39, 0.29) is 23.4 Å². The molecule has 4 rings (SSSR count). The molecule has 1 atom stereocenters. The first kappa shape index (κ1) is 18.3. The van der Waals surface area contributed by atoms with E-state index in [0.717, 1.165) is 5.56 Å². The number of aromatic nitrogens is 3. The molecule has 144 valence electrons. The first-order valence-corrected chi connectivity index (χ1v) is 9.74. The molecule has 0 saturated carbocycles. The van der Waals surface area contributed by atoms with Crippen LogP contribution >= 0.6 is 0 Å². The van der Waals surface area contributed by atoms with E-state index in [0.29, 0.717) is 36.8 Å². The number of likely N-dealkylation sites (tertiary alicyclic amines) is 1. The summed E-state index contributed by atoms with van der Waals surface area (Å²) in [6, 6.07) is 15.4. The lowest BCUT2D eigenvalue weighted by molar-refractivity contribution is -0.133. The lowest BCUT2D eigenvalue weighted by atomic mass is 9.96. The van der Waals surface area contributed by atoms with Gasteiger partial charge in [-0.05, 0) is 44.4 Å². The number of aryl methyl sites for hydroxylation is 1. The number of fused-ring (bicyclic) bond motifs is 1. The molecule has 0 unspecified atom stereocenters. The molecule has 1 fully saturated rings. The van der Waals surface area contributed by atoms with Gasteiger partial charge in [-0.25, -0.2) is 4.68 Å². The van der Waals surface area contributed by atoms with Gasteiger partial charge in [0, 0.05) is 13.1 Å². The molecule has 6 heteroatoms. The Morgan fingerprint density at radius 2 is 1.75 bits per heavy atom. The summed E-state index contributed by atoms with van der Waals surface area (Å²) in [6.45, 7) is 5.25. The second-order valence-electron chi connectivity index (χ2n) is 7.55. The molecule has 1 aromatic heterocycles. The Morgan fingerprint density at radius 3 is 2.46 bits per heavy atom. The third-order valence-corrected chi connectivity index (χ3v) is 5.66. The molecule has 1 saturated heterocycles. The van der Waals surface area contributed by atoms with Gasteiger partial charge in [-0.15, -0.1) is 5.10 Å². The zero-order valence-electron chi connectivity index (χ0n) is 16.2. The van der Waals surface area contributed by atoms with Crippen molar-refractivity contribution in [2.45, 2.75) is 38.6 Å². The number of rotatable bonds is 3. The largest absolute Gasteiger partial charge is 0.342 e. The zero-order chi connectivity index (χ0) is 19.7. The predicted molar refractivity (Wildman–Crippen MR) is 108 cm³/mol. The minimum Gasteiger partial charge on any atom is -0.342 e. The Labute approximate surface area is 163 Å². The van der Waals surface area contributed by atoms with Crippen molar-refractivity contribution in [3.05, 3.63) is 70.0 Å². The van der Waals surface area contributed by atoms with Crippen molar-refractivity contribution in [1.82, 2.24) is 19.9 Å². The molecule has 2 heterocycles. The van der Waals surface area contributed by atoms with Gasteiger partial charge in [0.1, 0.15) is 5.52 Å². The highest BCUT2D eigenvalue weighted by molar-refractivity contribution is 5.83. The van der Waals surface area contributed by atoms with Crippen LogP contribution in [-0.4, -0.2) is 38.9 Å². The van der Waals surface area contributed by atoms with Crippen LogP contribution in [0.15, 0.2) is 53.3 Å². The SMILES string of the molecule is Cc1ccc([C@@H](C)C(=O)N2CCC(n3nnc4ccccc4c3=O)CC2)cc1. The number of piperidine rings is 1. The number of carbonyl (C=O) groups is 1. The van der Waals surface area contributed by atoms with E-state index >= 15 is 0 Å². The van der Waals surface area contributed by atoms with Crippen molar-refractivity contribution in [2.75, 3.05) is 13.1 Å². The molecule has 0 aliphatic carbocycles. The Kier molecular flexibility index (Phi) is 4.94. The van der Waals surface area contributed by atoms with E-state index in [9.17, 15) is 9.59 Å². The van der Waals surface area contributed by atoms with Crippen LogP contribution in [0.4, 0.5) is 0 Å². The monoisotopic (exact) mass is 376 g/mol. The van der Waals surface area contributed by atoms with Gasteiger partial charge >= 0.3 is 0 Å². The number of carbonyl (C=O) groups excluding carboxylic acids is 1. The Hall–Kier alpha value is -3.02. The molecule has 28 heavy (non-hydrogen) atoms. The first-order valence-electron chi connectivity index (χ1n) is 9.74. The number of hydrogen-bond donors (Lipinski definition) is 0. The number of amides is 1. The van der Waals surface area contributed by atoms with Crippen LogP contribution in [0.25, 0.3) is 10.9 Å². The molecule has 1 aliphatic rings. The molecule has 3 aromatic rings. The Bertz CT molecular complexity index is 1050. The van der Waals surface area contributed by atoms with Gasteiger partial charge in [-0.2, -0.15) is 0 Å². The van der Waals surface area contributed by atoms with Crippen molar-refractivity contribution in [1.29, 1.82) is 0 Å². The van der Waals surface area contributed by atoms with Gasteiger partial charge in [0.05, 0.1) is 17.3 Å². The summed E-state index contributed by atoms with van der Waals surface area (Å²) in [5.74, 6) is -0.0282. The average molecular weight is 376 g/mol. The fraction of sp³-hybridized carbons (Fsp3) is 0.364. The minimum absolute atomic E-state index is 0.0247. The molecule has 6 nitrogen and oxygen atoms in total. The van der Waals surface area contributed by atoms with Gasteiger partial charge in [0.25, 0.3) is 5.56 Å². The third-order valence-electron chi connectivity index (χ3n) is 5.66. The van der Waals surface area contributed by atoms with E-state index in [1.165, 1.54) is 10.2 Å². The van der Waals surface area contributed by atoms with Crippen LogP contribution in [0, 0.1) is 6.92 Å². The molecule has 1 amide bonds. The summed E-state index contributed by atoms with van der Waals surface area (Å²) in [5.41, 5.74) is 2.73.